The normalized spacial score (nSPS) is 12.5. The number of hydrogen-bond acceptors (Lipinski definition) is 4. The van der Waals surface area contributed by atoms with Crippen molar-refractivity contribution in [2.24, 2.45) is 0 Å². The number of halogens is 1. The van der Waals surface area contributed by atoms with Crippen LogP contribution in [0.2, 0.25) is 0 Å². The number of benzene rings is 1. The van der Waals surface area contributed by atoms with Crippen molar-refractivity contribution >= 4 is 39.9 Å². The molecule has 0 radical (unpaired) electrons. The van der Waals surface area contributed by atoms with Crippen LogP contribution in [0, 0.1) is 0 Å². The molecule has 0 bridgehead atoms. The summed E-state index contributed by atoms with van der Waals surface area (Å²) >= 11 is 7.68. The molecule has 7 heteroatoms. The molecule has 1 N–H and O–H groups in total. The molecule has 0 spiro atoms. The Hall–Kier alpha value is -1.92. The average Bonchev–Trinajstić information content (AvgIpc) is 3.04. The summed E-state index contributed by atoms with van der Waals surface area (Å²) in [4.78, 5) is 30.6. The molecule has 1 heterocycles. The maximum Gasteiger partial charge on any atom is 0.246 e. The van der Waals surface area contributed by atoms with Crippen molar-refractivity contribution in [1.82, 2.24) is 9.88 Å². The van der Waals surface area contributed by atoms with Gasteiger partial charge in [0.2, 0.25) is 11.8 Å². The van der Waals surface area contributed by atoms with Crippen LogP contribution >= 0.6 is 22.9 Å². The highest BCUT2D eigenvalue weighted by molar-refractivity contribution is 7.13. The monoisotopic (exact) mass is 365 g/mol. The Morgan fingerprint density at radius 2 is 1.96 bits per heavy atom. The van der Waals surface area contributed by atoms with Gasteiger partial charge in [0, 0.05) is 17.1 Å². The second-order valence-electron chi connectivity index (χ2n) is 6.25. The molecular weight excluding hydrogens is 346 g/mol. The van der Waals surface area contributed by atoms with E-state index in [9.17, 15) is 9.59 Å². The molecule has 0 aliphatic carbocycles. The first-order valence-electron chi connectivity index (χ1n) is 7.49. The van der Waals surface area contributed by atoms with Crippen LogP contribution in [-0.2, 0) is 9.59 Å². The predicted molar refractivity (Wildman–Crippen MR) is 97.2 cm³/mol. The van der Waals surface area contributed by atoms with Gasteiger partial charge >= 0.3 is 0 Å². The molecule has 0 aliphatic heterocycles. The molecule has 1 aromatic heterocycles. The largest absolute Gasteiger partial charge is 0.327 e. The third-order valence-corrected chi connectivity index (χ3v) is 4.49. The van der Waals surface area contributed by atoms with E-state index < -0.39 is 10.9 Å². The molecule has 0 fully saturated rings. The van der Waals surface area contributed by atoms with E-state index in [1.807, 2.05) is 39.0 Å². The average molecular weight is 366 g/mol. The first-order valence-corrected chi connectivity index (χ1v) is 8.80. The number of carbonyl (C=O) groups is 2. The minimum Gasteiger partial charge on any atom is -0.327 e. The van der Waals surface area contributed by atoms with Crippen molar-refractivity contribution in [3.8, 4) is 0 Å². The second-order valence-corrected chi connectivity index (χ2v) is 7.58. The lowest BCUT2D eigenvalue weighted by Crippen LogP contribution is -2.50. The lowest BCUT2D eigenvalue weighted by atomic mass is 10.0. The van der Waals surface area contributed by atoms with E-state index in [4.69, 9.17) is 11.6 Å². The number of carbonyl (C=O) groups excluding carboxylic acids is 2. The number of alkyl halides is 1. The zero-order valence-electron chi connectivity index (χ0n) is 13.8. The summed E-state index contributed by atoms with van der Waals surface area (Å²) in [5.41, 5.74) is 0.165. The van der Waals surface area contributed by atoms with Crippen molar-refractivity contribution in [3.63, 3.8) is 0 Å². The van der Waals surface area contributed by atoms with Crippen LogP contribution in [-0.4, -0.2) is 33.8 Å². The zero-order valence-corrected chi connectivity index (χ0v) is 15.4. The SMILES string of the molecule is CC(C)(C)N(CC(=O)Nc1nccs1)C(=O)[C@@H](Cl)c1ccccc1. The number of amides is 2. The third-order valence-electron chi connectivity index (χ3n) is 3.37. The Labute approximate surface area is 150 Å². The number of nitrogens with one attached hydrogen (secondary N) is 1. The lowest BCUT2D eigenvalue weighted by Gasteiger charge is -2.36. The van der Waals surface area contributed by atoms with Crippen molar-refractivity contribution in [3.05, 3.63) is 47.5 Å². The highest BCUT2D eigenvalue weighted by atomic mass is 35.5. The molecule has 2 rings (SSSR count). The maximum absolute atomic E-state index is 12.8. The van der Waals surface area contributed by atoms with Crippen LogP contribution in [0.1, 0.15) is 31.7 Å². The Kier molecular flexibility index (Phi) is 5.96. The number of aromatic nitrogens is 1. The first-order chi connectivity index (χ1) is 11.3. The molecule has 0 aliphatic rings. The molecule has 2 aromatic rings. The van der Waals surface area contributed by atoms with E-state index in [1.165, 1.54) is 16.2 Å². The van der Waals surface area contributed by atoms with Gasteiger partial charge in [-0.05, 0) is 26.3 Å². The molecule has 1 atom stereocenters. The third kappa shape index (κ3) is 4.79. The molecule has 128 valence electrons. The van der Waals surface area contributed by atoms with Gasteiger partial charge < -0.3 is 10.2 Å². The molecule has 5 nitrogen and oxygen atoms in total. The molecule has 0 saturated carbocycles. The minimum atomic E-state index is -0.835. The van der Waals surface area contributed by atoms with Crippen LogP contribution in [0.15, 0.2) is 41.9 Å². The quantitative estimate of drug-likeness (QED) is 0.822. The van der Waals surface area contributed by atoms with Crippen LogP contribution in [0.5, 0.6) is 0 Å². The van der Waals surface area contributed by atoms with Crippen LogP contribution in [0.25, 0.3) is 0 Å². The number of rotatable bonds is 5. The van der Waals surface area contributed by atoms with Crippen molar-refractivity contribution in [2.75, 3.05) is 11.9 Å². The zero-order chi connectivity index (χ0) is 17.7. The Bertz CT molecular complexity index is 684. The number of hydrogen-bond donors (Lipinski definition) is 1. The summed E-state index contributed by atoms with van der Waals surface area (Å²) in [5.74, 6) is -0.602. The topological polar surface area (TPSA) is 62.3 Å². The van der Waals surface area contributed by atoms with E-state index in [-0.39, 0.29) is 18.4 Å². The van der Waals surface area contributed by atoms with Gasteiger partial charge in [-0.15, -0.1) is 22.9 Å². The number of anilines is 1. The minimum absolute atomic E-state index is 0.0854. The number of thiazole rings is 1. The molecule has 2 amide bonds. The first kappa shape index (κ1) is 18.4. The molecule has 0 unspecified atom stereocenters. The fourth-order valence-corrected chi connectivity index (χ4v) is 2.94. The summed E-state index contributed by atoms with van der Waals surface area (Å²) in [6, 6.07) is 9.11. The van der Waals surface area contributed by atoms with E-state index in [1.54, 1.807) is 23.7 Å². The van der Waals surface area contributed by atoms with Gasteiger partial charge in [-0.25, -0.2) is 4.98 Å². The van der Waals surface area contributed by atoms with Gasteiger partial charge in [0.25, 0.3) is 0 Å². The molecule has 0 saturated heterocycles. The van der Waals surface area contributed by atoms with Gasteiger partial charge in [-0.3, -0.25) is 9.59 Å². The van der Waals surface area contributed by atoms with E-state index in [2.05, 4.69) is 10.3 Å². The number of nitrogens with zero attached hydrogens (tertiary/aromatic N) is 2. The van der Waals surface area contributed by atoms with Gasteiger partial charge in [0.05, 0.1) is 0 Å². The summed E-state index contributed by atoms with van der Waals surface area (Å²) in [6.45, 7) is 5.53. The van der Waals surface area contributed by atoms with Crippen LogP contribution in [0.4, 0.5) is 5.13 Å². The Morgan fingerprint density at radius 3 is 2.50 bits per heavy atom. The fraction of sp³-hybridized carbons (Fsp3) is 0.353. The molecule has 24 heavy (non-hydrogen) atoms. The van der Waals surface area contributed by atoms with Gasteiger partial charge in [-0.1, -0.05) is 30.3 Å². The van der Waals surface area contributed by atoms with Gasteiger partial charge in [-0.2, -0.15) is 0 Å². The summed E-state index contributed by atoms with van der Waals surface area (Å²) in [5, 5.41) is 4.13. The van der Waals surface area contributed by atoms with Crippen LogP contribution in [0.3, 0.4) is 0 Å². The van der Waals surface area contributed by atoms with Crippen molar-refractivity contribution < 1.29 is 9.59 Å². The smallest absolute Gasteiger partial charge is 0.246 e. The second kappa shape index (κ2) is 7.77. The fourth-order valence-electron chi connectivity index (χ4n) is 2.13. The van der Waals surface area contributed by atoms with Gasteiger partial charge in [0.1, 0.15) is 11.9 Å². The summed E-state index contributed by atoms with van der Waals surface area (Å²) < 4.78 is 0. The van der Waals surface area contributed by atoms with Crippen molar-refractivity contribution in [2.45, 2.75) is 31.7 Å². The molecular formula is C17H20ClN3O2S. The van der Waals surface area contributed by atoms with Crippen molar-refractivity contribution in [1.29, 1.82) is 0 Å². The lowest BCUT2D eigenvalue weighted by molar-refractivity contribution is -0.139. The highest BCUT2D eigenvalue weighted by Crippen LogP contribution is 2.26. The van der Waals surface area contributed by atoms with E-state index in [0.29, 0.717) is 10.7 Å². The Balaban J connectivity index is 2.13. The van der Waals surface area contributed by atoms with Gasteiger partial charge in [0.15, 0.2) is 5.13 Å². The maximum atomic E-state index is 12.8. The summed E-state index contributed by atoms with van der Waals surface area (Å²) in [6.07, 6.45) is 1.61. The Morgan fingerprint density at radius 1 is 1.29 bits per heavy atom. The highest BCUT2D eigenvalue weighted by Gasteiger charge is 2.33. The van der Waals surface area contributed by atoms with E-state index >= 15 is 0 Å². The molecule has 1 aromatic carbocycles. The van der Waals surface area contributed by atoms with Crippen LogP contribution < -0.4 is 5.32 Å². The van der Waals surface area contributed by atoms with E-state index in [0.717, 1.165) is 0 Å². The predicted octanol–water partition coefficient (Wildman–Crippen LogP) is 3.69. The standard InChI is InChI=1S/C17H20ClN3O2S/c1-17(2,3)21(11-13(22)20-16-19-9-10-24-16)15(23)14(18)12-7-5-4-6-8-12/h4-10,14H,11H2,1-3H3,(H,19,20,22)/t14-/m0/s1. The summed E-state index contributed by atoms with van der Waals surface area (Å²) in [7, 11) is 0.